The zero-order chi connectivity index (χ0) is 12.4. The smallest absolute Gasteiger partial charge is 0.336 e. The predicted octanol–water partition coefficient (Wildman–Crippen LogP) is 2.50. The predicted molar refractivity (Wildman–Crippen MR) is 66.8 cm³/mol. The second-order valence-corrected chi connectivity index (χ2v) is 3.52. The molecule has 0 saturated heterocycles. The highest BCUT2D eigenvalue weighted by molar-refractivity contribution is 5.99. The summed E-state index contributed by atoms with van der Waals surface area (Å²) in [5, 5.41) is 10.6. The van der Waals surface area contributed by atoms with Crippen molar-refractivity contribution in [3.8, 4) is 24.7 Å². The summed E-state index contributed by atoms with van der Waals surface area (Å²) in [7, 11) is 0. The maximum atomic E-state index is 11.0. The van der Waals surface area contributed by atoms with Gasteiger partial charge in [0.05, 0.1) is 5.56 Å². The standard InChI is InChI=1S/C15H8O2/c1-3-10-6-5-7-12-9-14(15(16)17)11(4-2)8-13(10)12/h1-2,5-9H,(H,16,17). The number of terminal acetylenes is 2. The zero-order valence-electron chi connectivity index (χ0n) is 8.90. The number of fused-ring (bicyclic) bond motifs is 1. The van der Waals surface area contributed by atoms with Gasteiger partial charge in [-0.15, -0.1) is 12.8 Å². The number of benzene rings is 2. The van der Waals surface area contributed by atoms with Gasteiger partial charge in [-0.05, 0) is 29.0 Å². The van der Waals surface area contributed by atoms with Gasteiger partial charge in [-0.2, -0.15) is 0 Å². The monoisotopic (exact) mass is 220 g/mol. The molecule has 1 N–H and O–H groups in total. The van der Waals surface area contributed by atoms with Gasteiger partial charge in [-0.1, -0.05) is 24.0 Å². The molecule has 0 spiro atoms. The molecule has 2 nitrogen and oxygen atoms in total. The Labute approximate surface area is 98.9 Å². The zero-order valence-corrected chi connectivity index (χ0v) is 8.90. The van der Waals surface area contributed by atoms with Crippen LogP contribution in [-0.4, -0.2) is 11.1 Å². The van der Waals surface area contributed by atoms with Gasteiger partial charge in [0.15, 0.2) is 0 Å². The quantitative estimate of drug-likeness (QED) is 0.750. The number of hydrogen-bond donors (Lipinski definition) is 1. The third-order valence-electron chi connectivity index (χ3n) is 2.56. The van der Waals surface area contributed by atoms with Crippen LogP contribution in [0.3, 0.4) is 0 Å². The van der Waals surface area contributed by atoms with Crippen molar-refractivity contribution in [3.63, 3.8) is 0 Å². The normalized spacial score (nSPS) is 9.53. The van der Waals surface area contributed by atoms with Crippen LogP contribution in [0.1, 0.15) is 21.5 Å². The first-order valence-electron chi connectivity index (χ1n) is 4.90. The molecule has 2 rings (SSSR count). The number of carboxylic acids is 1. The summed E-state index contributed by atoms with van der Waals surface area (Å²) in [5.41, 5.74) is 1.16. The van der Waals surface area contributed by atoms with Crippen LogP contribution < -0.4 is 0 Å². The van der Waals surface area contributed by atoms with Crippen LogP contribution in [0.4, 0.5) is 0 Å². The number of aromatic carboxylic acids is 1. The fourth-order valence-electron chi connectivity index (χ4n) is 1.75. The Balaban J connectivity index is 2.90. The average molecular weight is 220 g/mol. The number of carboxylic acid groups (broad SMARTS) is 1. The molecule has 0 bridgehead atoms. The summed E-state index contributed by atoms with van der Waals surface area (Å²) in [6, 6.07) is 8.59. The summed E-state index contributed by atoms with van der Waals surface area (Å²) in [4.78, 5) is 11.0. The van der Waals surface area contributed by atoms with E-state index in [-0.39, 0.29) is 5.56 Å². The third-order valence-corrected chi connectivity index (χ3v) is 2.56. The van der Waals surface area contributed by atoms with Crippen LogP contribution in [0.15, 0.2) is 30.3 Å². The molecule has 0 aliphatic rings. The van der Waals surface area contributed by atoms with E-state index in [1.54, 1.807) is 24.3 Å². The number of rotatable bonds is 1. The second kappa shape index (κ2) is 4.04. The van der Waals surface area contributed by atoms with Gasteiger partial charge in [0.1, 0.15) is 0 Å². The topological polar surface area (TPSA) is 37.3 Å². The van der Waals surface area contributed by atoms with Crippen LogP contribution in [0.5, 0.6) is 0 Å². The van der Waals surface area contributed by atoms with Crippen LogP contribution in [-0.2, 0) is 0 Å². The van der Waals surface area contributed by atoms with E-state index < -0.39 is 5.97 Å². The van der Waals surface area contributed by atoms with Gasteiger partial charge in [-0.25, -0.2) is 4.79 Å². The molecule has 0 aromatic heterocycles. The lowest BCUT2D eigenvalue weighted by Gasteiger charge is -2.05. The van der Waals surface area contributed by atoms with Crippen molar-refractivity contribution in [2.24, 2.45) is 0 Å². The van der Waals surface area contributed by atoms with Crippen molar-refractivity contribution in [3.05, 3.63) is 47.0 Å². The minimum absolute atomic E-state index is 0.120. The Bertz CT molecular complexity index is 697. The molecule has 0 radical (unpaired) electrons. The van der Waals surface area contributed by atoms with Gasteiger partial charge >= 0.3 is 5.97 Å². The molecule has 0 amide bonds. The molecule has 2 aromatic carbocycles. The third kappa shape index (κ3) is 1.73. The summed E-state index contributed by atoms with van der Waals surface area (Å²) < 4.78 is 0. The molecule has 0 aliphatic carbocycles. The molecule has 0 unspecified atom stereocenters. The maximum Gasteiger partial charge on any atom is 0.336 e. The molecule has 0 atom stereocenters. The van der Waals surface area contributed by atoms with Crippen molar-refractivity contribution >= 4 is 16.7 Å². The fraction of sp³-hybridized carbons (Fsp3) is 0. The first-order chi connectivity index (χ1) is 8.17. The van der Waals surface area contributed by atoms with E-state index in [9.17, 15) is 4.79 Å². The van der Waals surface area contributed by atoms with Crippen LogP contribution in [0.2, 0.25) is 0 Å². The van der Waals surface area contributed by atoms with E-state index in [2.05, 4.69) is 11.8 Å². The Morgan fingerprint density at radius 1 is 1.12 bits per heavy atom. The van der Waals surface area contributed by atoms with Crippen molar-refractivity contribution in [1.29, 1.82) is 0 Å². The number of hydrogen-bond acceptors (Lipinski definition) is 1. The molecule has 2 heteroatoms. The molecular formula is C15H8O2. The SMILES string of the molecule is C#Cc1cc2c(C#C)cccc2cc1C(=O)O. The van der Waals surface area contributed by atoms with E-state index in [1.807, 2.05) is 6.07 Å². The largest absolute Gasteiger partial charge is 0.478 e. The summed E-state index contributed by atoms with van der Waals surface area (Å²) in [6.07, 6.45) is 10.7. The molecular weight excluding hydrogens is 212 g/mol. The van der Waals surface area contributed by atoms with Crippen LogP contribution >= 0.6 is 0 Å². The lowest BCUT2D eigenvalue weighted by Crippen LogP contribution is -2.00. The van der Waals surface area contributed by atoms with Crippen LogP contribution in [0.25, 0.3) is 10.8 Å². The lowest BCUT2D eigenvalue weighted by atomic mass is 9.98. The van der Waals surface area contributed by atoms with Gasteiger partial charge < -0.3 is 5.11 Å². The molecule has 80 valence electrons. The van der Waals surface area contributed by atoms with Crippen molar-refractivity contribution in [2.45, 2.75) is 0 Å². The summed E-state index contributed by atoms with van der Waals surface area (Å²) >= 11 is 0. The van der Waals surface area contributed by atoms with E-state index in [4.69, 9.17) is 18.0 Å². The van der Waals surface area contributed by atoms with E-state index in [0.717, 1.165) is 10.8 Å². The highest BCUT2D eigenvalue weighted by Gasteiger charge is 2.11. The van der Waals surface area contributed by atoms with E-state index in [1.165, 1.54) is 0 Å². The van der Waals surface area contributed by atoms with Crippen molar-refractivity contribution in [2.75, 3.05) is 0 Å². The van der Waals surface area contributed by atoms with Gasteiger partial charge in [0.2, 0.25) is 0 Å². The molecule has 0 aliphatic heterocycles. The molecule has 2 aromatic rings. The van der Waals surface area contributed by atoms with Crippen LogP contribution in [0, 0.1) is 24.7 Å². The van der Waals surface area contributed by atoms with Gasteiger partial charge in [0.25, 0.3) is 0 Å². The highest BCUT2D eigenvalue weighted by Crippen LogP contribution is 2.23. The average Bonchev–Trinajstić information content (AvgIpc) is 2.36. The summed E-state index contributed by atoms with van der Waals surface area (Å²) in [5.74, 6) is 3.89. The first-order valence-corrected chi connectivity index (χ1v) is 4.90. The van der Waals surface area contributed by atoms with Crippen molar-refractivity contribution in [1.82, 2.24) is 0 Å². The first kappa shape index (κ1) is 10.8. The van der Waals surface area contributed by atoms with E-state index >= 15 is 0 Å². The lowest BCUT2D eigenvalue weighted by molar-refractivity contribution is 0.0697. The molecule has 17 heavy (non-hydrogen) atoms. The molecule has 0 saturated carbocycles. The van der Waals surface area contributed by atoms with Gasteiger partial charge in [-0.3, -0.25) is 0 Å². The minimum atomic E-state index is -1.04. The number of carbonyl (C=O) groups is 1. The fourth-order valence-corrected chi connectivity index (χ4v) is 1.75. The Morgan fingerprint density at radius 3 is 2.41 bits per heavy atom. The maximum absolute atomic E-state index is 11.0. The van der Waals surface area contributed by atoms with Crippen molar-refractivity contribution < 1.29 is 9.90 Å². The molecule has 0 fully saturated rings. The second-order valence-electron chi connectivity index (χ2n) is 3.52. The Kier molecular flexibility index (Phi) is 2.57. The Hall–Kier alpha value is -2.71. The Morgan fingerprint density at radius 2 is 1.82 bits per heavy atom. The highest BCUT2D eigenvalue weighted by atomic mass is 16.4. The van der Waals surface area contributed by atoms with Gasteiger partial charge in [0, 0.05) is 11.1 Å². The molecule has 0 heterocycles. The van der Waals surface area contributed by atoms with E-state index in [0.29, 0.717) is 11.1 Å². The minimum Gasteiger partial charge on any atom is -0.478 e. The summed E-state index contributed by atoms with van der Waals surface area (Å²) in [6.45, 7) is 0.